The van der Waals surface area contributed by atoms with E-state index in [2.05, 4.69) is 32.4 Å². The molecule has 8 nitrogen and oxygen atoms in total. The molecule has 1 N–H and O–H groups in total. The number of carbonyl (C=O) groups is 1. The lowest BCUT2D eigenvalue weighted by molar-refractivity contribution is -0.132. The van der Waals surface area contributed by atoms with Gasteiger partial charge in [-0.1, -0.05) is 6.92 Å². The first-order chi connectivity index (χ1) is 12.7. The maximum atomic E-state index is 12.7. The fraction of sp³-hybridized carbons (Fsp3) is 0.667. The van der Waals surface area contributed by atoms with Crippen LogP contribution >= 0.6 is 0 Å². The smallest absolute Gasteiger partial charge is 0.222 e. The molecule has 0 aromatic carbocycles. The van der Waals surface area contributed by atoms with Crippen LogP contribution in [0.5, 0.6) is 0 Å². The van der Waals surface area contributed by atoms with Crippen LogP contribution in [0.15, 0.2) is 18.5 Å². The Hall–Kier alpha value is -2.22. The van der Waals surface area contributed by atoms with E-state index >= 15 is 0 Å². The molecule has 2 saturated heterocycles. The van der Waals surface area contributed by atoms with Crippen LogP contribution < -0.4 is 10.2 Å². The van der Waals surface area contributed by atoms with Gasteiger partial charge >= 0.3 is 0 Å². The van der Waals surface area contributed by atoms with Crippen LogP contribution in [0.25, 0.3) is 5.65 Å². The van der Waals surface area contributed by atoms with Crippen LogP contribution in [-0.2, 0) is 4.79 Å². The largest absolute Gasteiger partial charge is 0.352 e. The molecule has 0 aliphatic carbocycles. The molecule has 1 amide bonds. The molecular formula is C18H27N7O. The van der Waals surface area contributed by atoms with Gasteiger partial charge in [0.1, 0.15) is 12.1 Å². The van der Waals surface area contributed by atoms with Gasteiger partial charge in [-0.15, -0.1) is 15.3 Å². The number of nitrogens with zero attached hydrogens (tertiary/aromatic N) is 6. The molecule has 4 rings (SSSR count). The van der Waals surface area contributed by atoms with Gasteiger partial charge in [0, 0.05) is 32.6 Å². The van der Waals surface area contributed by atoms with Crippen LogP contribution in [0.4, 0.5) is 5.82 Å². The van der Waals surface area contributed by atoms with Gasteiger partial charge in [0.15, 0.2) is 5.65 Å². The van der Waals surface area contributed by atoms with Gasteiger partial charge in [-0.25, -0.2) is 0 Å². The zero-order valence-corrected chi connectivity index (χ0v) is 15.3. The topological polar surface area (TPSA) is 78.7 Å². The number of piperazine rings is 1. The fourth-order valence-electron chi connectivity index (χ4n) is 4.01. The van der Waals surface area contributed by atoms with Crippen molar-refractivity contribution in [3.05, 3.63) is 18.5 Å². The minimum absolute atomic E-state index is 0.296. The predicted octanol–water partition coefficient (Wildman–Crippen LogP) is 0.799. The number of rotatable bonds is 4. The first-order valence-electron chi connectivity index (χ1n) is 9.61. The molecule has 2 aliphatic heterocycles. The maximum Gasteiger partial charge on any atom is 0.222 e. The second kappa shape index (κ2) is 7.57. The first-order valence-corrected chi connectivity index (χ1v) is 9.61. The highest BCUT2D eigenvalue weighted by Gasteiger charge is 2.26. The number of aromatic nitrogens is 4. The molecule has 2 aromatic heterocycles. The Kier molecular flexibility index (Phi) is 5.01. The van der Waals surface area contributed by atoms with E-state index in [0.29, 0.717) is 24.2 Å². The lowest BCUT2D eigenvalue weighted by atomic mass is 9.85. The molecule has 4 heterocycles. The van der Waals surface area contributed by atoms with Gasteiger partial charge < -0.3 is 15.1 Å². The van der Waals surface area contributed by atoms with E-state index in [1.165, 1.54) is 12.8 Å². The summed E-state index contributed by atoms with van der Waals surface area (Å²) in [6.45, 7) is 7.54. The molecule has 2 atom stereocenters. The molecular weight excluding hydrogens is 330 g/mol. The highest BCUT2D eigenvalue weighted by molar-refractivity contribution is 5.76. The van der Waals surface area contributed by atoms with Crippen molar-refractivity contribution in [2.75, 3.05) is 44.2 Å². The molecule has 0 spiro atoms. The highest BCUT2D eigenvalue weighted by Crippen LogP contribution is 2.24. The Morgan fingerprint density at radius 1 is 1.31 bits per heavy atom. The number of hydrogen-bond acceptors (Lipinski definition) is 6. The third-order valence-corrected chi connectivity index (χ3v) is 5.74. The van der Waals surface area contributed by atoms with Crippen molar-refractivity contribution < 1.29 is 4.79 Å². The summed E-state index contributed by atoms with van der Waals surface area (Å²) in [7, 11) is 0. The minimum atomic E-state index is 0.296. The molecule has 0 bridgehead atoms. The molecule has 26 heavy (non-hydrogen) atoms. The molecule has 2 aliphatic rings. The van der Waals surface area contributed by atoms with E-state index in [1.807, 2.05) is 17.0 Å². The van der Waals surface area contributed by atoms with Crippen LogP contribution in [0.2, 0.25) is 0 Å². The molecule has 2 fully saturated rings. The van der Waals surface area contributed by atoms with E-state index in [0.717, 1.165) is 50.7 Å². The Morgan fingerprint density at radius 3 is 2.92 bits per heavy atom. The number of amides is 1. The monoisotopic (exact) mass is 357 g/mol. The van der Waals surface area contributed by atoms with Crippen molar-refractivity contribution in [3.63, 3.8) is 0 Å². The average Bonchev–Trinajstić information content (AvgIpc) is 3.16. The summed E-state index contributed by atoms with van der Waals surface area (Å²) in [6.07, 6.45) is 4.75. The maximum absolute atomic E-state index is 12.7. The Balaban J connectivity index is 1.30. The van der Waals surface area contributed by atoms with Gasteiger partial charge in [-0.05, 0) is 49.9 Å². The molecule has 2 unspecified atom stereocenters. The highest BCUT2D eigenvalue weighted by atomic mass is 16.2. The second-order valence-electron chi connectivity index (χ2n) is 7.48. The third-order valence-electron chi connectivity index (χ3n) is 5.74. The van der Waals surface area contributed by atoms with Gasteiger partial charge in [0.25, 0.3) is 0 Å². The fourth-order valence-corrected chi connectivity index (χ4v) is 4.01. The van der Waals surface area contributed by atoms with Crippen LogP contribution in [0, 0.1) is 11.8 Å². The lowest BCUT2D eigenvalue weighted by Gasteiger charge is -2.36. The van der Waals surface area contributed by atoms with Gasteiger partial charge in [0.2, 0.25) is 5.91 Å². The summed E-state index contributed by atoms with van der Waals surface area (Å²) >= 11 is 0. The average molecular weight is 357 g/mol. The van der Waals surface area contributed by atoms with Crippen LogP contribution in [0.1, 0.15) is 26.2 Å². The van der Waals surface area contributed by atoms with Crippen molar-refractivity contribution in [2.24, 2.45) is 11.8 Å². The molecule has 140 valence electrons. The number of fused-ring (bicyclic) bond motifs is 1. The number of piperidine rings is 1. The predicted molar refractivity (Wildman–Crippen MR) is 98.9 cm³/mol. The normalized spacial score (nSPS) is 22.6. The van der Waals surface area contributed by atoms with E-state index in [4.69, 9.17) is 0 Å². The van der Waals surface area contributed by atoms with Crippen molar-refractivity contribution >= 4 is 17.4 Å². The van der Waals surface area contributed by atoms with Crippen molar-refractivity contribution in [1.29, 1.82) is 0 Å². The van der Waals surface area contributed by atoms with E-state index in [9.17, 15) is 4.79 Å². The molecule has 0 saturated carbocycles. The van der Waals surface area contributed by atoms with Gasteiger partial charge in [-0.3, -0.25) is 4.79 Å². The third kappa shape index (κ3) is 3.65. The quantitative estimate of drug-likeness (QED) is 0.872. The number of nitrogens with one attached hydrogen (secondary N) is 1. The molecule has 8 heteroatoms. The zero-order chi connectivity index (χ0) is 17.9. The van der Waals surface area contributed by atoms with Crippen LogP contribution in [0.3, 0.4) is 0 Å². The Bertz CT molecular complexity index is 747. The standard InChI is InChI=1S/C18H27N7O/c1-14(15-3-2-6-19-12-15)11-18(26)24-9-7-23(8-10-24)17-5-4-16-21-20-13-25(16)22-17/h4-5,13-15,19H,2-3,6-12H2,1H3. The van der Waals surface area contributed by atoms with Gasteiger partial charge in [-0.2, -0.15) is 4.52 Å². The summed E-state index contributed by atoms with van der Waals surface area (Å²) in [5.74, 6) is 2.29. The molecule has 2 aromatic rings. The summed E-state index contributed by atoms with van der Waals surface area (Å²) in [5.41, 5.74) is 0.744. The van der Waals surface area contributed by atoms with Gasteiger partial charge in [0.05, 0.1) is 0 Å². The summed E-state index contributed by atoms with van der Waals surface area (Å²) < 4.78 is 1.69. The van der Waals surface area contributed by atoms with Crippen molar-refractivity contribution in [2.45, 2.75) is 26.2 Å². The first kappa shape index (κ1) is 17.2. The minimum Gasteiger partial charge on any atom is -0.352 e. The number of hydrogen-bond donors (Lipinski definition) is 1. The lowest BCUT2D eigenvalue weighted by Crippen LogP contribution is -2.49. The van der Waals surface area contributed by atoms with E-state index in [-0.39, 0.29) is 0 Å². The summed E-state index contributed by atoms with van der Waals surface area (Å²) in [4.78, 5) is 16.9. The SMILES string of the molecule is CC(CC(=O)N1CCN(c2ccc3nncn3n2)CC1)C1CCCNC1. The van der Waals surface area contributed by atoms with Crippen molar-refractivity contribution in [1.82, 2.24) is 30.0 Å². The summed E-state index contributed by atoms with van der Waals surface area (Å²) in [5, 5.41) is 15.8. The van der Waals surface area contributed by atoms with Crippen molar-refractivity contribution in [3.8, 4) is 0 Å². The van der Waals surface area contributed by atoms with E-state index < -0.39 is 0 Å². The number of anilines is 1. The zero-order valence-electron chi connectivity index (χ0n) is 15.3. The Labute approximate surface area is 153 Å². The summed E-state index contributed by atoms with van der Waals surface area (Å²) in [6, 6.07) is 3.90. The second-order valence-corrected chi connectivity index (χ2v) is 7.48. The Morgan fingerprint density at radius 2 is 2.15 bits per heavy atom. The molecule has 0 radical (unpaired) electrons. The van der Waals surface area contributed by atoms with E-state index in [1.54, 1.807) is 10.8 Å². The number of carbonyl (C=O) groups excluding carboxylic acids is 1. The van der Waals surface area contributed by atoms with Crippen LogP contribution in [-0.4, -0.2) is 69.9 Å².